The van der Waals surface area contributed by atoms with Crippen molar-refractivity contribution in [1.82, 2.24) is 5.32 Å². The molecule has 1 N–H and O–H groups in total. The smallest absolute Gasteiger partial charge is 0.333 e. The maximum Gasteiger partial charge on any atom is 0.333 e. The molecule has 96 valence electrons. The first kappa shape index (κ1) is 14.2. The van der Waals surface area contributed by atoms with Crippen molar-refractivity contribution < 1.29 is 17.1 Å². The van der Waals surface area contributed by atoms with E-state index < -0.39 is 15.1 Å². The second-order valence-corrected chi connectivity index (χ2v) is 4.78. The van der Waals surface area contributed by atoms with Gasteiger partial charge in [0, 0.05) is 25.5 Å². The van der Waals surface area contributed by atoms with E-state index in [2.05, 4.69) is 17.2 Å². The summed E-state index contributed by atoms with van der Waals surface area (Å²) in [5.74, 6) is 5.08. The van der Waals surface area contributed by atoms with Gasteiger partial charge in [-0.3, -0.25) is 4.79 Å². The largest absolute Gasteiger partial charge is 0.355 e. The molecule has 0 radical (unpaired) electrons. The van der Waals surface area contributed by atoms with E-state index in [1.807, 2.05) is 0 Å². The Kier molecular flexibility index (Phi) is 4.86. The Morgan fingerprint density at radius 2 is 2.06 bits per heavy atom. The van der Waals surface area contributed by atoms with E-state index in [4.69, 9.17) is 0 Å². The van der Waals surface area contributed by atoms with Crippen LogP contribution in [-0.4, -0.2) is 20.9 Å². The van der Waals surface area contributed by atoms with Crippen LogP contribution in [0.15, 0.2) is 29.2 Å². The van der Waals surface area contributed by atoms with E-state index in [9.17, 15) is 17.1 Å². The van der Waals surface area contributed by atoms with Gasteiger partial charge in [0.05, 0.1) is 0 Å². The molecule has 0 saturated heterocycles. The fraction of sp³-hybridized carbons (Fsp3) is 0.250. The van der Waals surface area contributed by atoms with Gasteiger partial charge in [-0.15, -0.1) is 3.89 Å². The average molecular weight is 269 g/mol. The zero-order valence-electron chi connectivity index (χ0n) is 9.73. The predicted octanol–water partition coefficient (Wildman–Crippen LogP) is 1.22. The van der Waals surface area contributed by atoms with Crippen LogP contribution in [0.5, 0.6) is 0 Å². The highest BCUT2D eigenvalue weighted by atomic mass is 32.3. The quantitative estimate of drug-likeness (QED) is 0.510. The second-order valence-electron chi connectivity index (χ2n) is 3.47. The van der Waals surface area contributed by atoms with E-state index in [1.165, 1.54) is 19.1 Å². The molecule has 0 spiro atoms. The first-order valence-electron chi connectivity index (χ1n) is 5.18. The van der Waals surface area contributed by atoms with E-state index in [-0.39, 0.29) is 11.5 Å². The minimum absolute atomic E-state index is 0.114. The standard InChI is InChI=1S/C12H12FNO3S/c1-10(15)14-9-5-4-7-11-6-2-3-8-12(11)18(13,16)17/h2-3,6,8H,5,9H2,1H3,(H,14,15). The molecule has 18 heavy (non-hydrogen) atoms. The Balaban J connectivity index is 2.80. The summed E-state index contributed by atoms with van der Waals surface area (Å²) in [4.78, 5) is 10.1. The molecule has 0 atom stereocenters. The molecule has 0 heterocycles. The van der Waals surface area contributed by atoms with E-state index in [0.29, 0.717) is 13.0 Å². The van der Waals surface area contributed by atoms with Crippen molar-refractivity contribution in [1.29, 1.82) is 0 Å². The summed E-state index contributed by atoms with van der Waals surface area (Å²) < 4.78 is 34.6. The molecule has 0 unspecified atom stereocenters. The lowest BCUT2D eigenvalue weighted by Crippen LogP contribution is -2.20. The maximum atomic E-state index is 12.9. The fourth-order valence-electron chi connectivity index (χ4n) is 1.24. The summed E-state index contributed by atoms with van der Waals surface area (Å²) in [5, 5.41) is 2.54. The highest BCUT2D eigenvalue weighted by Crippen LogP contribution is 2.16. The molecule has 0 aliphatic carbocycles. The summed E-state index contributed by atoms with van der Waals surface area (Å²) in [6.07, 6.45) is 0.361. The molecular formula is C12H12FNO3S. The van der Waals surface area contributed by atoms with E-state index in [0.717, 1.165) is 6.07 Å². The summed E-state index contributed by atoms with van der Waals surface area (Å²) >= 11 is 0. The molecule has 1 aromatic carbocycles. The summed E-state index contributed by atoms with van der Waals surface area (Å²) in [6, 6.07) is 5.59. The average Bonchev–Trinajstić information content (AvgIpc) is 2.27. The normalized spacial score (nSPS) is 10.3. The van der Waals surface area contributed by atoms with Crippen LogP contribution in [0, 0.1) is 11.8 Å². The summed E-state index contributed by atoms with van der Waals surface area (Å²) in [6.45, 7) is 1.76. The van der Waals surface area contributed by atoms with Crippen LogP contribution in [0.1, 0.15) is 18.9 Å². The van der Waals surface area contributed by atoms with E-state index >= 15 is 0 Å². The van der Waals surface area contributed by atoms with Gasteiger partial charge in [0.15, 0.2) is 0 Å². The van der Waals surface area contributed by atoms with Crippen LogP contribution in [0.3, 0.4) is 0 Å². The van der Waals surface area contributed by atoms with Gasteiger partial charge in [-0.05, 0) is 12.1 Å². The number of benzene rings is 1. The first-order valence-corrected chi connectivity index (χ1v) is 6.56. The van der Waals surface area contributed by atoms with E-state index in [1.54, 1.807) is 6.07 Å². The zero-order chi connectivity index (χ0) is 13.6. The lowest BCUT2D eigenvalue weighted by atomic mass is 10.2. The Hall–Kier alpha value is -1.87. The monoisotopic (exact) mass is 269 g/mol. The molecule has 0 saturated carbocycles. The van der Waals surface area contributed by atoms with Gasteiger partial charge in [0.25, 0.3) is 0 Å². The van der Waals surface area contributed by atoms with Crippen LogP contribution in [0.25, 0.3) is 0 Å². The van der Waals surface area contributed by atoms with Crippen LogP contribution in [-0.2, 0) is 15.0 Å². The fourth-order valence-corrected chi connectivity index (χ4v) is 1.86. The number of rotatable bonds is 3. The predicted molar refractivity (Wildman–Crippen MR) is 64.9 cm³/mol. The lowest BCUT2D eigenvalue weighted by Gasteiger charge is -1.98. The molecule has 1 rings (SSSR count). The van der Waals surface area contributed by atoms with Crippen molar-refractivity contribution in [3.8, 4) is 11.8 Å². The Bertz CT molecular complexity index is 599. The van der Waals surface area contributed by atoms with Gasteiger partial charge in [0.1, 0.15) is 4.90 Å². The van der Waals surface area contributed by atoms with Crippen LogP contribution < -0.4 is 5.32 Å². The van der Waals surface area contributed by atoms with Crippen molar-refractivity contribution in [2.24, 2.45) is 0 Å². The van der Waals surface area contributed by atoms with Gasteiger partial charge in [-0.1, -0.05) is 24.0 Å². The second kappa shape index (κ2) is 6.17. The van der Waals surface area contributed by atoms with Crippen LogP contribution in [0.2, 0.25) is 0 Å². The zero-order valence-corrected chi connectivity index (χ0v) is 10.6. The minimum Gasteiger partial charge on any atom is -0.355 e. The van der Waals surface area contributed by atoms with Gasteiger partial charge >= 0.3 is 10.2 Å². The molecule has 1 amide bonds. The van der Waals surface area contributed by atoms with Crippen molar-refractivity contribution in [3.05, 3.63) is 29.8 Å². The third-order valence-corrected chi connectivity index (χ3v) is 2.88. The van der Waals surface area contributed by atoms with Crippen molar-refractivity contribution >= 4 is 16.1 Å². The molecule has 0 aliphatic heterocycles. The third kappa shape index (κ3) is 4.55. The van der Waals surface area contributed by atoms with Gasteiger partial charge in [-0.2, -0.15) is 8.42 Å². The number of amides is 1. The van der Waals surface area contributed by atoms with Crippen LogP contribution in [0.4, 0.5) is 3.89 Å². The Labute approximate surface area is 105 Å². The molecule has 4 nitrogen and oxygen atoms in total. The highest BCUT2D eigenvalue weighted by Gasteiger charge is 2.14. The molecular weight excluding hydrogens is 257 g/mol. The first-order chi connectivity index (χ1) is 8.41. The molecule has 0 fully saturated rings. The highest BCUT2D eigenvalue weighted by molar-refractivity contribution is 7.86. The number of halogens is 1. The molecule has 0 aliphatic rings. The molecule has 0 aromatic heterocycles. The number of hydrogen-bond donors (Lipinski definition) is 1. The SMILES string of the molecule is CC(=O)NCCC#Cc1ccccc1S(=O)(=O)F. The number of carbonyl (C=O) groups excluding carboxylic acids is 1. The maximum absolute atomic E-state index is 12.9. The Morgan fingerprint density at radius 1 is 1.39 bits per heavy atom. The van der Waals surface area contributed by atoms with Gasteiger partial charge in [0.2, 0.25) is 5.91 Å². The number of hydrogen-bond acceptors (Lipinski definition) is 3. The third-order valence-electron chi connectivity index (χ3n) is 2.00. The van der Waals surface area contributed by atoms with Gasteiger partial charge in [-0.25, -0.2) is 0 Å². The topological polar surface area (TPSA) is 63.2 Å². The molecule has 6 heteroatoms. The molecule has 1 aromatic rings. The summed E-state index contributed by atoms with van der Waals surface area (Å²) in [7, 11) is -4.76. The van der Waals surface area contributed by atoms with Crippen LogP contribution >= 0.6 is 0 Å². The van der Waals surface area contributed by atoms with Crippen molar-refractivity contribution in [3.63, 3.8) is 0 Å². The lowest BCUT2D eigenvalue weighted by molar-refractivity contribution is -0.118. The molecule has 0 bridgehead atoms. The summed E-state index contributed by atoms with van der Waals surface area (Å²) in [5.41, 5.74) is 0.114. The number of nitrogens with one attached hydrogen (secondary N) is 1. The Morgan fingerprint density at radius 3 is 2.67 bits per heavy atom. The van der Waals surface area contributed by atoms with Gasteiger partial charge < -0.3 is 5.32 Å². The minimum atomic E-state index is -4.76. The number of carbonyl (C=O) groups is 1. The van der Waals surface area contributed by atoms with Crippen molar-refractivity contribution in [2.75, 3.05) is 6.54 Å². The van der Waals surface area contributed by atoms with Crippen molar-refractivity contribution in [2.45, 2.75) is 18.2 Å².